The molecular formula is C24H34O6S. The molecule has 1 spiro atoms. The maximum atomic E-state index is 14.4. The van der Waals surface area contributed by atoms with Gasteiger partial charge in [0.05, 0.1) is 12.0 Å². The fourth-order valence-corrected chi connectivity index (χ4v) is 7.97. The minimum Gasteiger partial charge on any atom is -0.382 e. The number of aliphatic hydroxyl groups is 1. The average molecular weight is 451 g/mol. The van der Waals surface area contributed by atoms with Gasteiger partial charge in [0.25, 0.3) is 0 Å². The van der Waals surface area contributed by atoms with Gasteiger partial charge in [0.2, 0.25) is 0 Å². The maximum Gasteiger partial charge on any atom is 0.164 e. The Morgan fingerprint density at radius 2 is 1.94 bits per heavy atom. The van der Waals surface area contributed by atoms with Gasteiger partial charge in [-0.15, -0.1) is 0 Å². The Kier molecular flexibility index (Phi) is 4.52. The summed E-state index contributed by atoms with van der Waals surface area (Å²) in [6.45, 7) is 12.3. The van der Waals surface area contributed by atoms with E-state index in [-0.39, 0.29) is 35.6 Å². The second kappa shape index (κ2) is 6.38. The van der Waals surface area contributed by atoms with Crippen LogP contribution < -0.4 is 0 Å². The summed E-state index contributed by atoms with van der Waals surface area (Å²) in [4.78, 5) is 14.4. The van der Waals surface area contributed by atoms with Crippen molar-refractivity contribution < 1.29 is 27.8 Å². The van der Waals surface area contributed by atoms with E-state index in [1.54, 1.807) is 0 Å². The third-order valence-electron chi connectivity index (χ3n) is 8.90. The average Bonchev–Trinajstić information content (AvgIpc) is 3.15. The number of hydrogen-bond acceptors (Lipinski definition) is 6. The first-order chi connectivity index (χ1) is 14.3. The summed E-state index contributed by atoms with van der Waals surface area (Å²) < 4.78 is 30.3. The van der Waals surface area contributed by atoms with E-state index in [4.69, 9.17) is 13.7 Å². The molecule has 7 heteroatoms. The van der Waals surface area contributed by atoms with Crippen molar-refractivity contribution in [1.82, 2.24) is 0 Å². The fraction of sp³-hybridized carbons (Fsp3) is 0.792. The number of rotatable bonds is 2. The Balaban J connectivity index is 1.76. The van der Waals surface area contributed by atoms with Crippen LogP contribution in [-0.2, 0) is 29.5 Å². The van der Waals surface area contributed by atoms with Crippen LogP contribution in [0.5, 0.6) is 0 Å². The normalized spacial score (nSPS) is 50.1. The molecule has 1 N–H and O–H groups in total. The van der Waals surface area contributed by atoms with Gasteiger partial charge in [0, 0.05) is 12.2 Å². The van der Waals surface area contributed by atoms with E-state index in [0.29, 0.717) is 5.92 Å². The molecule has 0 aromatic heterocycles. The van der Waals surface area contributed by atoms with Crippen LogP contribution in [0.3, 0.4) is 0 Å². The molecule has 3 fully saturated rings. The Labute approximate surface area is 187 Å². The first-order valence-electron chi connectivity index (χ1n) is 11.3. The molecule has 9 atom stereocenters. The van der Waals surface area contributed by atoms with Crippen LogP contribution in [0.2, 0.25) is 0 Å². The lowest BCUT2D eigenvalue weighted by atomic mass is 9.59. The third kappa shape index (κ3) is 2.64. The second-order valence-electron chi connectivity index (χ2n) is 11.4. The zero-order valence-corrected chi connectivity index (χ0v) is 20.2. The van der Waals surface area contributed by atoms with Gasteiger partial charge >= 0.3 is 0 Å². The summed E-state index contributed by atoms with van der Waals surface area (Å²) in [6, 6.07) is 0. The first kappa shape index (κ1) is 22.0. The number of Topliss-reactive ketones (excluding diaryl/α,β-unsaturated/α-hetero) is 1. The van der Waals surface area contributed by atoms with Crippen LogP contribution in [0.4, 0.5) is 0 Å². The first-order valence-corrected chi connectivity index (χ1v) is 12.7. The number of allylic oxidation sites excluding steroid dienone is 1. The SMILES string of the molecule is CC1=C[C@]23C(=O)[C@@H](C=C4COC(C)(C)O[C@H]4[C@]2(O)[C@H]1OS(C)=O)[C@H]1[C@@H](C[C@H]3C)C1(C)C. The molecule has 0 amide bonds. The van der Waals surface area contributed by atoms with Crippen molar-refractivity contribution in [3.8, 4) is 0 Å². The third-order valence-corrected chi connectivity index (χ3v) is 9.37. The van der Waals surface area contributed by atoms with Gasteiger partial charge in [-0.05, 0) is 61.5 Å². The summed E-state index contributed by atoms with van der Waals surface area (Å²) in [5, 5.41) is 12.6. The summed E-state index contributed by atoms with van der Waals surface area (Å²) in [5.41, 5.74) is -1.25. The Morgan fingerprint density at radius 3 is 2.58 bits per heavy atom. The molecule has 2 saturated carbocycles. The van der Waals surface area contributed by atoms with Gasteiger partial charge in [0.15, 0.2) is 22.7 Å². The van der Waals surface area contributed by atoms with Crippen LogP contribution in [0.25, 0.3) is 0 Å². The lowest BCUT2D eigenvalue weighted by molar-refractivity contribution is -0.301. The molecule has 0 aromatic rings. The van der Waals surface area contributed by atoms with E-state index in [9.17, 15) is 14.1 Å². The van der Waals surface area contributed by atoms with Crippen molar-refractivity contribution in [3.05, 3.63) is 23.3 Å². The van der Waals surface area contributed by atoms with Crippen molar-refractivity contribution in [1.29, 1.82) is 0 Å². The van der Waals surface area contributed by atoms with E-state index in [1.807, 2.05) is 32.9 Å². The molecule has 1 aliphatic heterocycles. The molecule has 1 saturated heterocycles. The molecule has 4 aliphatic carbocycles. The van der Waals surface area contributed by atoms with E-state index in [0.717, 1.165) is 17.6 Å². The Bertz CT molecular complexity index is 934. The lowest BCUT2D eigenvalue weighted by Gasteiger charge is -2.52. The van der Waals surface area contributed by atoms with E-state index >= 15 is 0 Å². The summed E-state index contributed by atoms with van der Waals surface area (Å²) in [6.07, 6.45) is 4.56. The molecule has 0 aromatic carbocycles. The van der Waals surface area contributed by atoms with Crippen molar-refractivity contribution in [2.45, 2.75) is 71.6 Å². The smallest absolute Gasteiger partial charge is 0.164 e. The molecule has 0 radical (unpaired) electrons. The van der Waals surface area contributed by atoms with E-state index in [1.165, 1.54) is 6.26 Å². The monoisotopic (exact) mass is 450 g/mol. The predicted octanol–water partition coefficient (Wildman–Crippen LogP) is 2.93. The molecule has 31 heavy (non-hydrogen) atoms. The lowest BCUT2D eigenvalue weighted by Crippen LogP contribution is -2.68. The van der Waals surface area contributed by atoms with Gasteiger partial charge in [-0.2, -0.15) is 0 Å². The summed E-state index contributed by atoms with van der Waals surface area (Å²) in [7, 11) is 0. The molecule has 2 bridgehead atoms. The van der Waals surface area contributed by atoms with Gasteiger partial charge in [-0.25, -0.2) is 4.21 Å². The van der Waals surface area contributed by atoms with Crippen molar-refractivity contribution in [3.63, 3.8) is 0 Å². The fourth-order valence-electron chi connectivity index (χ4n) is 7.40. The highest BCUT2D eigenvalue weighted by Gasteiger charge is 2.77. The standard InChI is InChI=1S/C24H34O6S/c1-12-10-23-13(2)8-16-17(21(16,3)4)15(18(23)25)9-14-11-28-22(5,6)29-20(14)24(23,26)19(12)30-31(7)27/h9-10,13,15-17,19-20,26H,8,11H2,1-7H3/t13-,15+,16-,17+,19+,20-,23+,24-,31?/m1/s1. The number of carbonyl (C=O) groups is 1. The Morgan fingerprint density at radius 1 is 1.26 bits per heavy atom. The van der Waals surface area contributed by atoms with Gasteiger partial charge < -0.3 is 14.6 Å². The Hall–Kier alpha value is -0.860. The zero-order chi connectivity index (χ0) is 22.7. The molecular weight excluding hydrogens is 416 g/mol. The van der Waals surface area contributed by atoms with Crippen LogP contribution in [-0.4, -0.2) is 51.6 Å². The van der Waals surface area contributed by atoms with E-state index < -0.39 is 40.1 Å². The molecule has 5 rings (SSSR count). The van der Waals surface area contributed by atoms with Gasteiger partial charge in [-0.1, -0.05) is 32.9 Å². The van der Waals surface area contributed by atoms with Gasteiger partial charge in [-0.3, -0.25) is 8.98 Å². The number of fused-ring (bicyclic) bond motifs is 5. The predicted molar refractivity (Wildman–Crippen MR) is 116 cm³/mol. The molecule has 1 unspecified atom stereocenters. The van der Waals surface area contributed by atoms with Crippen molar-refractivity contribution in [2.75, 3.05) is 12.9 Å². The number of ether oxygens (including phenoxy) is 2. The number of carbonyl (C=O) groups excluding carboxylic acids is 1. The molecule has 172 valence electrons. The zero-order valence-electron chi connectivity index (χ0n) is 19.4. The van der Waals surface area contributed by atoms with Crippen molar-refractivity contribution >= 4 is 16.9 Å². The molecule has 1 heterocycles. The van der Waals surface area contributed by atoms with E-state index in [2.05, 4.69) is 20.8 Å². The maximum absolute atomic E-state index is 14.4. The summed E-state index contributed by atoms with van der Waals surface area (Å²) >= 11 is -1.62. The summed E-state index contributed by atoms with van der Waals surface area (Å²) in [5.74, 6) is -0.643. The minimum atomic E-state index is -1.69. The van der Waals surface area contributed by atoms with Crippen LogP contribution in [0, 0.1) is 34.5 Å². The quantitative estimate of drug-likeness (QED) is 0.652. The highest BCUT2D eigenvalue weighted by molar-refractivity contribution is 7.79. The van der Waals surface area contributed by atoms with Crippen LogP contribution >= 0.6 is 0 Å². The largest absolute Gasteiger partial charge is 0.382 e. The number of ketones is 1. The minimum absolute atomic E-state index is 0.0382. The van der Waals surface area contributed by atoms with Crippen molar-refractivity contribution in [2.24, 2.45) is 34.5 Å². The number of hydrogen-bond donors (Lipinski definition) is 1. The molecule has 6 nitrogen and oxygen atoms in total. The molecule has 5 aliphatic rings. The van der Waals surface area contributed by atoms with Gasteiger partial charge in [0.1, 0.15) is 17.8 Å². The van der Waals surface area contributed by atoms with Crippen LogP contribution in [0.1, 0.15) is 48.0 Å². The van der Waals surface area contributed by atoms with Crippen LogP contribution in [0.15, 0.2) is 23.3 Å². The highest BCUT2D eigenvalue weighted by Crippen LogP contribution is 2.72. The second-order valence-corrected chi connectivity index (χ2v) is 12.4. The highest BCUT2D eigenvalue weighted by atomic mass is 32.2. The topological polar surface area (TPSA) is 82.1 Å².